The fourth-order valence-corrected chi connectivity index (χ4v) is 1.81. The average molecular weight is 326 g/mol. The number of quaternary nitrogens is 2. The third-order valence-corrected chi connectivity index (χ3v) is 2.50. The van der Waals surface area contributed by atoms with Gasteiger partial charge in [-0.05, 0) is 0 Å². The maximum absolute atomic E-state index is 8.77. The van der Waals surface area contributed by atoms with Crippen molar-refractivity contribution >= 4 is 15.6 Å². The Morgan fingerprint density at radius 1 is 0.684 bits per heavy atom. The van der Waals surface area contributed by atoms with Crippen molar-refractivity contribution in [2.45, 2.75) is 0 Å². The predicted octanol–water partition coefficient (Wildman–Crippen LogP) is -7.16. The Morgan fingerprint density at radius 2 is 0.789 bits per heavy atom. The number of phosphoric acid groups is 2. The summed E-state index contributed by atoms with van der Waals surface area (Å²) >= 11 is 0. The highest BCUT2D eigenvalue weighted by Gasteiger charge is 2.29. The Labute approximate surface area is 109 Å². The molecule has 8 N–H and O–H groups in total. The van der Waals surface area contributed by atoms with Crippen LogP contribution in [0.15, 0.2) is 0 Å². The summed E-state index contributed by atoms with van der Waals surface area (Å²) in [7, 11) is -9.78. The minimum absolute atomic E-state index is 0. The van der Waals surface area contributed by atoms with E-state index in [1.54, 1.807) is 0 Å². The van der Waals surface area contributed by atoms with Crippen molar-refractivity contribution in [3.8, 4) is 0 Å². The van der Waals surface area contributed by atoms with Crippen molar-refractivity contribution in [1.29, 1.82) is 0 Å². The van der Waals surface area contributed by atoms with E-state index in [1.165, 1.54) is 39.3 Å². The van der Waals surface area contributed by atoms with Crippen LogP contribution in [0, 0.1) is 0 Å². The van der Waals surface area contributed by atoms with Gasteiger partial charge in [-0.15, -0.1) is 0 Å². The highest BCUT2D eigenvalue weighted by Crippen LogP contribution is 2.19. The zero-order chi connectivity index (χ0) is 14.4. The standard InChI is InChI=1S/C6H12N2.2H3O4P.H2O/c1-2-8-5-3-7(1)4-6-8;2*1-5(2,3)4;/h1-6H2;2*(H3,1,2,3,4);1H2. The minimum atomic E-state index is -4.89. The van der Waals surface area contributed by atoms with E-state index in [9.17, 15) is 0 Å². The molecule has 0 amide bonds. The topological polar surface area (TPSA) is 202 Å². The highest BCUT2D eigenvalue weighted by molar-refractivity contribution is 7.43. The first-order chi connectivity index (χ1) is 7.95. The molecule has 0 aromatic carbocycles. The zero-order valence-electron chi connectivity index (χ0n) is 10.1. The Kier molecular flexibility index (Phi) is 10.3. The van der Waals surface area contributed by atoms with Crippen molar-refractivity contribution < 1.29 is 53.8 Å². The zero-order valence-corrected chi connectivity index (χ0v) is 11.8. The molecule has 0 radical (unpaired) electrons. The molecule has 0 aromatic heterocycles. The second-order valence-corrected chi connectivity index (χ2v) is 5.94. The molecule has 0 saturated carbocycles. The van der Waals surface area contributed by atoms with Gasteiger partial charge in [-0.25, -0.2) is 0 Å². The van der Waals surface area contributed by atoms with Crippen LogP contribution < -0.4 is 19.6 Å². The Bertz CT molecular complexity index is 261. The molecule has 13 heteroatoms. The monoisotopic (exact) mass is 326 g/mol. The lowest BCUT2D eigenvalue weighted by Crippen LogP contribution is -3.35. The molecule has 19 heavy (non-hydrogen) atoms. The van der Waals surface area contributed by atoms with E-state index in [0.717, 1.165) is 0 Å². The first kappa shape index (κ1) is 21.4. The summed E-state index contributed by atoms with van der Waals surface area (Å²) in [6, 6.07) is 0. The number of rotatable bonds is 0. The second kappa shape index (κ2) is 9.11. The molecular weight excluding hydrogens is 306 g/mol. The SMILES string of the molecule is C1C[NH+]2CC[NH+]1CC2.O.O=P([O-])(O)O.O=P([O-])(O)O. The van der Waals surface area contributed by atoms with Crippen molar-refractivity contribution in [1.82, 2.24) is 0 Å². The van der Waals surface area contributed by atoms with Gasteiger partial charge < -0.3 is 44.6 Å². The molecule has 11 nitrogen and oxygen atoms in total. The summed E-state index contributed by atoms with van der Waals surface area (Å²) in [5, 5.41) is 0. The Balaban J connectivity index is 0. The first-order valence-electron chi connectivity index (χ1n) is 5.15. The molecule has 3 aliphatic heterocycles. The second-order valence-electron chi connectivity index (χ2n) is 3.98. The van der Waals surface area contributed by atoms with Crippen molar-refractivity contribution in [3.63, 3.8) is 0 Å². The number of nitrogens with one attached hydrogen (secondary N) is 2. The molecule has 0 spiro atoms. The van der Waals surface area contributed by atoms with Crippen LogP contribution in [0.5, 0.6) is 0 Å². The third kappa shape index (κ3) is 20.6. The van der Waals surface area contributed by atoms with E-state index >= 15 is 0 Å². The molecule has 3 rings (SSSR count). The average Bonchev–Trinajstić information content (AvgIpc) is 2.15. The lowest BCUT2D eigenvalue weighted by atomic mass is 10.2. The number of hydrogen-bond acceptors (Lipinski definition) is 4. The predicted molar refractivity (Wildman–Crippen MR) is 58.8 cm³/mol. The summed E-state index contributed by atoms with van der Waals surface area (Å²) in [6.45, 7) is 8.64. The van der Waals surface area contributed by atoms with Crippen LogP contribution >= 0.6 is 15.6 Å². The van der Waals surface area contributed by atoms with E-state index in [2.05, 4.69) is 0 Å². The van der Waals surface area contributed by atoms with E-state index in [1.807, 2.05) is 9.80 Å². The molecule has 2 bridgehead atoms. The lowest BCUT2D eigenvalue weighted by Gasteiger charge is -2.35. The molecule has 0 unspecified atom stereocenters. The number of fused-ring (bicyclic) bond motifs is 3. The van der Waals surface area contributed by atoms with Gasteiger partial charge in [-0.3, -0.25) is 9.13 Å². The van der Waals surface area contributed by atoms with Gasteiger partial charge in [0.2, 0.25) is 0 Å². The Morgan fingerprint density at radius 3 is 0.842 bits per heavy atom. The fraction of sp³-hybridized carbons (Fsp3) is 1.00. The lowest BCUT2D eigenvalue weighted by molar-refractivity contribution is -1.06. The minimum Gasteiger partial charge on any atom is -0.756 e. The van der Waals surface area contributed by atoms with E-state index in [4.69, 9.17) is 38.5 Å². The van der Waals surface area contributed by atoms with Crippen molar-refractivity contribution in [2.75, 3.05) is 39.3 Å². The van der Waals surface area contributed by atoms with Gasteiger partial charge in [-0.2, -0.15) is 0 Å². The number of piperazine rings is 3. The molecule has 118 valence electrons. The quantitative estimate of drug-likeness (QED) is 0.235. The third-order valence-electron chi connectivity index (χ3n) is 2.50. The summed E-state index contributed by atoms with van der Waals surface area (Å²) < 4.78 is 17.5. The molecular formula is C6H20N2O9P2. The molecule has 3 saturated heterocycles. The summed E-state index contributed by atoms with van der Waals surface area (Å²) in [5.41, 5.74) is 0. The van der Waals surface area contributed by atoms with Crippen LogP contribution in [0.3, 0.4) is 0 Å². The highest BCUT2D eigenvalue weighted by atomic mass is 31.2. The first-order valence-corrected chi connectivity index (χ1v) is 8.21. The molecule has 0 aromatic rings. The van der Waals surface area contributed by atoms with Gasteiger partial charge in [0.25, 0.3) is 15.6 Å². The molecule has 0 aliphatic carbocycles. The van der Waals surface area contributed by atoms with Crippen LogP contribution in [-0.4, -0.2) is 64.3 Å². The van der Waals surface area contributed by atoms with E-state index < -0.39 is 15.6 Å². The van der Waals surface area contributed by atoms with Gasteiger partial charge in [0, 0.05) is 0 Å². The molecule has 3 heterocycles. The van der Waals surface area contributed by atoms with Crippen LogP contribution in [0.2, 0.25) is 0 Å². The summed E-state index contributed by atoms with van der Waals surface area (Å²) in [5.74, 6) is 0. The molecule has 0 atom stereocenters. The normalized spacial score (nSPS) is 25.2. The van der Waals surface area contributed by atoms with Gasteiger partial charge in [0.15, 0.2) is 0 Å². The smallest absolute Gasteiger partial charge is 0.262 e. The summed E-state index contributed by atoms with van der Waals surface area (Å²) in [4.78, 5) is 49.5. The summed E-state index contributed by atoms with van der Waals surface area (Å²) in [6.07, 6.45) is 0. The van der Waals surface area contributed by atoms with Crippen molar-refractivity contribution in [2.24, 2.45) is 0 Å². The maximum atomic E-state index is 8.77. The van der Waals surface area contributed by atoms with Gasteiger partial charge in [-0.1, -0.05) is 0 Å². The van der Waals surface area contributed by atoms with E-state index in [-0.39, 0.29) is 5.48 Å². The van der Waals surface area contributed by atoms with Gasteiger partial charge >= 0.3 is 0 Å². The van der Waals surface area contributed by atoms with Crippen LogP contribution in [0.1, 0.15) is 0 Å². The van der Waals surface area contributed by atoms with Gasteiger partial charge in [0.05, 0.1) is 0 Å². The van der Waals surface area contributed by atoms with Crippen LogP contribution in [0.4, 0.5) is 0 Å². The molecule has 3 aliphatic rings. The largest absolute Gasteiger partial charge is 0.756 e. The van der Waals surface area contributed by atoms with Gasteiger partial charge in [0.1, 0.15) is 39.3 Å². The van der Waals surface area contributed by atoms with E-state index in [0.29, 0.717) is 0 Å². The van der Waals surface area contributed by atoms with Crippen molar-refractivity contribution in [3.05, 3.63) is 0 Å². The Hall–Kier alpha value is 0.1000. The van der Waals surface area contributed by atoms with Crippen LogP contribution in [0.25, 0.3) is 0 Å². The molecule has 3 fully saturated rings. The maximum Gasteiger partial charge on any atom is 0.262 e. The fourth-order valence-electron chi connectivity index (χ4n) is 1.81. The number of hydrogen-bond donors (Lipinski definition) is 6. The van der Waals surface area contributed by atoms with Crippen LogP contribution in [-0.2, 0) is 9.13 Å².